The van der Waals surface area contributed by atoms with Crippen LogP contribution < -0.4 is 15.0 Å². The molecule has 35 heavy (non-hydrogen) atoms. The molecule has 0 radical (unpaired) electrons. The summed E-state index contributed by atoms with van der Waals surface area (Å²) in [4.78, 5) is 15.1. The van der Waals surface area contributed by atoms with Crippen molar-refractivity contribution < 1.29 is 26.7 Å². The number of aromatic nitrogens is 1. The van der Waals surface area contributed by atoms with Crippen molar-refractivity contribution >= 4 is 20.9 Å². The minimum absolute atomic E-state index is 0.131. The van der Waals surface area contributed by atoms with Gasteiger partial charge in [0.2, 0.25) is 10.0 Å². The molecule has 0 spiro atoms. The smallest absolute Gasteiger partial charge is 0.252 e. The Morgan fingerprint density at radius 1 is 0.886 bits per heavy atom. The molecule has 0 unspecified atom stereocenters. The molecule has 1 N–H and O–H groups in total. The standard InChI is InChI=1S/C25H22F2N2O5S/c1-33-22-12-17-11-18(25(30)28-21(17)13-23(22)34-2)15-29(14-16-7-9-19(26)10-8-16)35(31,32)24-6-4-3-5-20(24)27/h3-13H,14-15H2,1-2H3,(H,28,30). The Morgan fingerprint density at radius 3 is 2.20 bits per heavy atom. The van der Waals surface area contributed by atoms with Crippen LogP contribution >= 0.6 is 0 Å². The van der Waals surface area contributed by atoms with E-state index in [0.29, 0.717) is 28.0 Å². The summed E-state index contributed by atoms with van der Waals surface area (Å²) >= 11 is 0. The first kappa shape index (κ1) is 24.4. The molecule has 0 aliphatic carbocycles. The lowest BCUT2D eigenvalue weighted by atomic mass is 10.1. The average Bonchev–Trinajstić information content (AvgIpc) is 2.84. The summed E-state index contributed by atoms with van der Waals surface area (Å²) in [5.41, 5.74) is 0.553. The summed E-state index contributed by atoms with van der Waals surface area (Å²) in [7, 11) is -1.42. The number of hydrogen-bond acceptors (Lipinski definition) is 5. The average molecular weight is 501 g/mol. The maximum Gasteiger partial charge on any atom is 0.252 e. The SMILES string of the molecule is COc1cc2cc(CN(Cc3ccc(F)cc3)S(=O)(=O)c3ccccc3F)c(=O)[nH]c2cc1OC. The van der Waals surface area contributed by atoms with Crippen molar-refractivity contribution in [1.29, 1.82) is 0 Å². The van der Waals surface area contributed by atoms with E-state index < -0.39 is 32.1 Å². The highest BCUT2D eigenvalue weighted by Crippen LogP contribution is 2.31. The van der Waals surface area contributed by atoms with E-state index in [1.165, 1.54) is 50.6 Å². The minimum atomic E-state index is -4.36. The number of methoxy groups -OCH3 is 2. The number of H-pyrrole nitrogens is 1. The Labute approximate surface area is 200 Å². The number of aromatic amines is 1. The van der Waals surface area contributed by atoms with Gasteiger partial charge in [-0.2, -0.15) is 4.31 Å². The molecule has 1 heterocycles. The summed E-state index contributed by atoms with van der Waals surface area (Å²) < 4.78 is 66.3. The van der Waals surface area contributed by atoms with Gasteiger partial charge in [-0.25, -0.2) is 17.2 Å². The Balaban J connectivity index is 1.80. The van der Waals surface area contributed by atoms with Gasteiger partial charge in [0.25, 0.3) is 5.56 Å². The van der Waals surface area contributed by atoms with Crippen molar-refractivity contribution in [2.75, 3.05) is 14.2 Å². The van der Waals surface area contributed by atoms with Crippen LogP contribution in [0.15, 0.2) is 76.4 Å². The van der Waals surface area contributed by atoms with E-state index in [1.807, 2.05) is 0 Å². The van der Waals surface area contributed by atoms with Crippen LogP contribution in [-0.2, 0) is 23.1 Å². The van der Waals surface area contributed by atoms with Crippen LogP contribution in [0.1, 0.15) is 11.1 Å². The third-order valence-corrected chi connectivity index (χ3v) is 7.32. The topological polar surface area (TPSA) is 88.7 Å². The number of halogens is 2. The van der Waals surface area contributed by atoms with Gasteiger partial charge in [0.15, 0.2) is 11.5 Å². The van der Waals surface area contributed by atoms with E-state index in [9.17, 15) is 22.0 Å². The van der Waals surface area contributed by atoms with Crippen LogP contribution in [-0.4, -0.2) is 31.9 Å². The molecule has 4 rings (SSSR count). The number of nitrogens with one attached hydrogen (secondary N) is 1. The van der Waals surface area contributed by atoms with Crippen molar-refractivity contribution in [2.45, 2.75) is 18.0 Å². The van der Waals surface area contributed by atoms with E-state index in [-0.39, 0.29) is 18.7 Å². The van der Waals surface area contributed by atoms with E-state index in [1.54, 1.807) is 18.2 Å². The van der Waals surface area contributed by atoms with Gasteiger partial charge >= 0.3 is 0 Å². The number of benzene rings is 3. The van der Waals surface area contributed by atoms with Gasteiger partial charge in [-0.15, -0.1) is 0 Å². The molecule has 0 aliphatic rings. The summed E-state index contributed by atoms with van der Waals surface area (Å²) in [5.74, 6) is -0.544. The van der Waals surface area contributed by atoms with Crippen molar-refractivity contribution in [3.63, 3.8) is 0 Å². The van der Waals surface area contributed by atoms with Crippen LogP contribution in [0.3, 0.4) is 0 Å². The molecule has 4 aromatic rings. The lowest BCUT2D eigenvalue weighted by Gasteiger charge is -2.23. The van der Waals surface area contributed by atoms with Crippen molar-refractivity contribution in [2.24, 2.45) is 0 Å². The van der Waals surface area contributed by atoms with Gasteiger partial charge in [0, 0.05) is 30.1 Å². The van der Waals surface area contributed by atoms with E-state index in [2.05, 4.69) is 4.98 Å². The van der Waals surface area contributed by atoms with Gasteiger partial charge in [0.05, 0.1) is 19.7 Å². The number of ether oxygens (including phenoxy) is 2. The summed E-state index contributed by atoms with van der Waals surface area (Å²) in [6.07, 6.45) is 0. The lowest BCUT2D eigenvalue weighted by molar-refractivity contribution is 0.355. The first-order chi connectivity index (χ1) is 16.7. The Bertz CT molecular complexity index is 1540. The third-order valence-electron chi connectivity index (χ3n) is 5.50. The second-order valence-corrected chi connectivity index (χ2v) is 9.65. The van der Waals surface area contributed by atoms with Crippen LogP contribution in [0.4, 0.5) is 8.78 Å². The number of pyridine rings is 1. The van der Waals surface area contributed by atoms with Crippen LogP contribution in [0.5, 0.6) is 11.5 Å². The largest absolute Gasteiger partial charge is 0.493 e. The second-order valence-electron chi connectivity index (χ2n) is 7.75. The first-order valence-electron chi connectivity index (χ1n) is 10.5. The van der Waals surface area contributed by atoms with E-state index in [0.717, 1.165) is 16.4 Å². The highest BCUT2D eigenvalue weighted by atomic mass is 32.2. The molecule has 7 nitrogen and oxygen atoms in total. The minimum Gasteiger partial charge on any atom is -0.493 e. The quantitative estimate of drug-likeness (QED) is 0.392. The normalized spacial score (nSPS) is 11.7. The van der Waals surface area contributed by atoms with Gasteiger partial charge < -0.3 is 14.5 Å². The molecule has 0 amide bonds. The molecular weight excluding hydrogens is 478 g/mol. The zero-order valence-electron chi connectivity index (χ0n) is 18.9. The Morgan fingerprint density at radius 2 is 1.54 bits per heavy atom. The molecule has 0 fully saturated rings. The number of sulfonamides is 1. The molecule has 0 bridgehead atoms. The predicted octanol–water partition coefficient (Wildman–Crippen LogP) is 4.21. The highest BCUT2D eigenvalue weighted by Gasteiger charge is 2.28. The molecule has 1 aromatic heterocycles. The number of hydrogen-bond donors (Lipinski definition) is 1. The van der Waals surface area contributed by atoms with Crippen LogP contribution in [0, 0.1) is 11.6 Å². The first-order valence-corrected chi connectivity index (χ1v) is 11.9. The molecule has 0 saturated heterocycles. The van der Waals surface area contributed by atoms with Crippen molar-refractivity contribution in [3.8, 4) is 11.5 Å². The van der Waals surface area contributed by atoms with Crippen molar-refractivity contribution in [1.82, 2.24) is 9.29 Å². The maximum absolute atomic E-state index is 14.5. The fourth-order valence-corrected chi connectivity index (χ4v) is 5.17. The maximum atomic E-state index is 14.5. The zero-order valence-corrected chi connectivity index (χ0v) is 19.7. The zero-order chi connectivity index (χ0) is 25.2. The summed E-state index contributed by atoms with van der Waals surface area (Å²) in [6, 6.07) is 15.1. The molecular formula is C25H22F2N2O5S. The molecule has 3 aromatic carbocycles. The number of fused-ring (bicyclic) bond motifs is 1. The number of nitrogens with zero attached hydrogens (tertiary/aromatic N) is 1. The van der Waals surface area contributed by atoms with Gasteiger partial charge in [0.1, 0.15) is 16.5 Å². The van der Waals surface area contributed by atoms with E-state index >= 15 is 0 Å². The fraction of sp³-hybridized carbons (Fsp3) is 0.160. The second kappa shape index (κ2) is 9.85. The van der Waals surface area contributed by atoms with Gasteiger partial charge in [-0.05, 0) is 42.0 Å². The Hall–Kier alpha value is -3.76. The monoisotopic (exact) mass is 500 g/mol. The molecule has 0 aliphatic heterocycles. The van der Waals surface area contributed by atoms with Gasteiger partial charge in [-0.1, -0.05) is 24.3 Å². The van der Waals surface area contributed by atoms with Crippen LogP contribution in [0.2, 0.25) is 0 Å². The lowest BCUT2D eigenvalue weighted by Crippen LogP contribution is -2.33. The molecule has 182 valence electrons. The summed E-state index contributed by atoms with van der Waals surface area (Å²) in [5, 5.41) is 0.585. The summed E-state index contributed by atoms with van der Waals surface area (Å²) in [6.45, 7) is -0.561. The van der Waals surface area contributed by atoms with Crippen molar-refractivity contribution in [3.05, 3.63) is 99.8 Å². The highest BCUT2D eigenvalue weighted by molar-refractivity contribution is 7.89. The number of rotatable bonds is 8. The Kier molecular flexibility index (Phi) is 6.86. The van der Waals surface area contributed by atoms with Gasteiger partial charge in [-0.3, -0.25) is 4.79 Å². The molecule has 10 heteroatoms. The van der Waals surface area contributed by atoms with Crippen LogP contribution in [0.25, 0.3) is 10.9 Å². The molecule has 0 atom stereocenters. The van der Waals surface area contributed by atoms with E-state index in [4.69, 9.17) is 9.47 Å². The fourth-order valence-electron chi connectivity index (χ4n) is 3.70. The molecule has 0 saturated carbocycles. The predicted molar refractivity (Wildman–Crippen MR) is 127 cm³/mol. The third kappa shape index (κ3) is 5.03.